The highest BCUT2D eigenvalue weighted by molar-refractivity contribution is 7.66. The second kappa shape index (κ2) is 9.46. The van der Waals surface area contributed by atoms with Crippen LogP contribution in [-0.4, -0.2) is 47.9 Å². The lowest BCUT2D eigenvalue weighted by atomic mass is 10.1. The van der Waals surface area contributed by atoms with Gasteiger partial charge in [-0.1, -0.05) is 5.11 Å². The topological polar surface area (TPSA) is 279 Å². The Hall–Kier alpha value is -1.64. The van der Waals surface area contributed by atoms with Crippen molar-refractivity contribution in [2.24, 2.45) is 5.11 Å². The van der Waals surface area contributed by atoms with E-state index in [2.05, 4.69) is 28.2 Å². The minimum absolute atomic E-state index is 0.00458. The number of hydrogen-bond acceptors (Lipinski definition) is 11. The number of rotatable bonds is 9. The molecule has 21 heteroatoms. The van der Waals surface area contributed by atoms with Crippen LogP contribution in [0.2, 0.25) is 0 Å². The zero-order valence-corrected chi connectivity index (χ0v) is 18.1. The predicted molar refractivity (Wildman–Crippen MR) is 98.9 cm³/mol. The highest BCUT2D eigenvalue weighted by Gasteiger charge is 2.43. The van der Waals surface area contributed by atoms with E-state index in [1.165, 1.54) is 6.20 Å². The summed E-state index contributed by atoms with van der Waals surface area (Å²) in [6.07, 6.45) is -0.980. The third-order valence-electron chi connectivity index (χ3n) is 3.71. The Morgan fingerprint density at radius 2 is 1.97 bits per heavy atom. The van der Waals surface area contributed by atoms with Crippen LogP contribution in [0.5, 0.6) is 0 Å². The van der Waals surface area contributed by atoms with Gasteiger partial charge in [0.2, 0.25) is 0 Å². The minimum atomic E-state index is -5.69. The summed E-state index contributed by atoms with van der Waals surface area (Å²) in [6, 6.07) is -1.01. The van der Waals surface area contributed by atoms with Crippen molar-refractivity contribution in [3.8, 4) is 0 Å². The molecule has 1 fully saturated rings. The van der Waals surface area contributed by atoms with Gasteiger partial charge < -0.3 is 30.0 Å². The third-order valence-corrected chi connectivity index (χ3v) is 7.51. The monoisotopic (exact) mass is 506 g/mol. The summed E-state index contributed by atoms with van der Waals surface area (Å²) in [5, 5.41) is 3.45. The molecule has 0 aromatic carbocycles. The molecular weight excluding hydrogens is 489 g/mol. The van der Waals surface area contributed by atoms with Gasteiger partial charge in [-0.3, -0.25) is 9.09 Å². The van der Waals surface area contributed by atoms with Crippen LogP contribution in [0.15, 0.2) is 16.1 Å². The second-order valence-electron chi connectivity index (χ2n) is 6.02. The Morgan fingerprint density at radius 1 is 1.32 bits per heavy atom. The molecule has 0 saturated carbocycles. The maximum atomic E-state index is 12.1. The maximum absolute atomic E-state index is 12.1. The van der Waals surface area contributed by atoms with Crippen LogP contribution in [0.3, 0.4) is 0 Å². The van der Waals surface area contributed by atoms with E-state index in [0.29, 0.717) is 5.56 Å². The highest BCUT2D eigenvalue weighted by atomic mass is 31.3. The van der Waals surface area contributed by atoms with Gasteiger partial charge in [0.15, 0.2) is 0 Å². The van der Waals surface area contributed by atoms with Crippen molar-refractivity contribution in [3.63, 3.8) is 0 Å². The SMILES string of the molecule is Cc1cn([C@@H]2CC(N=[N+]=[N-])[C@H](COP(=O)(O)OP(=O)(O)OP(=O)(O)O)O2)c(=O)nc1N. The number of hydrogen-bond donors (Lipinski definition) is 5. The van der Waals surface area contributed by atoms with E-state index in [-0.39, 0.29) is 12.2 Å². The van der Waals surface area contributed by atoms with Crippen molar-refractivity contribution in [3.05, 3.63) is 32.7 Å². The van der Waals surface area contributed by atoms with Crippen LogP contribution in [0, 0.1) is 6.92 Å². The van der Waals surface area contributed by atoms with Crippen LogP contribution >= 0.6 is 23.5 Å². The van der Waals surface area contributed by atoms with E-state index in [9.17, 15) is 23.4 Å². The lowest BCUT2D eigenvalue weighted by Gasteiger charge is -2.19. The molecule has 174 valence electrons. The number of aryl methyl sites for hydroxylation is 1. The van der Waals surface area contributed by atoms with E-state index < -0.39 is 54.1 Å². The number of nitrogens with zero attached hydrogens (tertiary/aromatic N) is 5. The van der Waals surface area contributed by atoms with Gasteiger partial charge in [0.25, 0.3) is 0 Å². The quantitative estimate of drug-likeness (QED) is 0.132. The molecule has 0 aliphatic carbocycles. The smallest absolute Gasteiger partial charge is 0.383 e. The standard InChI is InChI=1S/C10H17N6O12P3/c1-5-3-16(10(17)13-9(5)11)8-2-6(14-15-12)7(26-8)4-25-30(21,22)28-31(23,24)27-29(18,19)20/h3,6-8H,2,4H2,1H3,(H,21,22)(H,23,24)(H2,11,13,17)(H2,18,19,20)/t6?,7-,8-/m0/s1. The fourth-order valence-electron chi connectivity index (χ4n) is 2.48. The van der Waals surface area contributed by atoms with E-state index >= 15 is 0 Å². The van der Waals surface area contributed by atoms with Crippen molar-refractivity contribution >= 4 is 29.3 Å². The third kappa shape index (κ3) is 7.47. The van der Waals surface area contributed by atoms with Crippen LogP contribution in [-0.2, 0) is 31.6 Å². The molecule has 2 rings (SSSR count). The second-order valence-corrected chi connectivity index (χ2v) is 10.4. The molecule has 31 heavy (non-hydrogen) atoms. The molecule has 0 amide bonds. The Bertz CT molecular complexity index is 1080. The highest BCUT2D eigenvalue weighted by Crippen LogP contribution is 2.66. The first-order valence-electron chi connectivity index (χ1n) is 7.96. The van der Waals surface area contributed by atoms with Gasteiger partial charge in [-0.2, -0.15) is 13.6 Å². The molecule has 5 atom stereocenters. The lowest BCUT2D eigenvalue weighted by molar-refractivity contribution is -0.0266. The molecule has 1 aliphatic rings. The van der Waals surface area contributed by atoms with E-state index in [4.69, 9.17) is 30.7 Å². The van der Waals surface area contributed by atoms with Crippen LogP contribution in [0.25, 0.3) is 10.4 Å². The normalized spacial score (nSPS) is 25.4. The first kappa shape index (κ1) is 25.6. The molecule has 1 aromatic heterocycles. The molecule has 1 aromatic rings. The van der Waals surface area contributed by atoms with Gasteiger partial charge >= 0.3 is 29.2 Å². The van der Waals surface area contributed by atoms with Crippen molar-refractivity contribution in [2.45, 2.75) is 31.7 Å². The number of azide groups is 1. The van der Waals surface area contributed by atoms with Crippen molar-refractivity contribution in [1.29, 1.82) is 0 Å². The molecule has 2 heterocycles. The molecule has 0 radical (unpaired) electrons. The van der Waals surface area contributed by atoms with Gasteiger partial charge in [-0.25, -0.2) is 18.5 Å². The summed E-state index contributed by atoms with van der Waals surface area (Å²) in [7, 11) is -16.6. The van der Waals surface area contributed by atoms with Crippen molar-refractivity contribution < 1.29 is 51.2 Å². The Morgan fingerprint density at radius 3 is 2.55 bits per heavy atom. The number of aromatic nitrogens is 2. The van der Waals surface area contributed by atoms with Crippen LogP contribution < -0.4 is 11.4 Å². The molecule has 0 bridgehead atoms. The first-order chi connectivity index (χ1) is 14.1. The number of phosphoric ester groups is 1. The number of nitrogen functional groups attached to an aromatic ring is 1. The average Bonchev–Trinajstić information content (AvgIpc) is 2.96. The zero-order valence-electron chi connectivity index (χ0n) is 15.4. The van der Waals surface area contributed by atoms with Gasteiger partial charge in [0, 0.05) is 23.1 Å². The zero-order chi connectivity index (χ0) is 23.6. The predicted octanol–water partition coefficient (Wildman–Crippen LogP) is 0.444. The molecule has 6 N–H and O–H groups in total. The maximum Gasteiger partial charge on any atom is 0.490 e. The van der Waals surface area contributed by atoms with Crippen LogP contribution in [0.4, 0.5) is 5.82 Å². The summed E-state index contributed by atoms with van der Waals surface area (Å²) in [5.74, 6) is -0.00458. The number of phosphoric acid groups is 3. The van der Waals surface area contributed by atoms with E-state index in [0.717, 1.165) is 4.57 Å². The molecule has 1 saturated heterocycles. The fourth-order valence-corrected chi connectivity index (χ4v) is 5.51. The number of nitrogens with two attached hydrogens (primary N) is 1. The Labute approximate surface area is 172 Å². The van der Waals surface area contributed by atoms with E-state index in [1.807, 2.05) is 0 Å². The summed E-state index contributed by atoms with van der Waals surface area (Å²) < 4.78 is 52.0. The summed E-state index contributed by atoms with van der Waals surface area (Å²) >= 11 is 0. The molecule has 1 aliphatic heterocycles. The number of ether oxygens (including phenoxy) is 1. The molecule has 3 unspecified atom stereocenters. The van der Waals surface area contributed by atoms with Gasteiger partial charge in [0.1, 0.15) is 12.0 Å². The van der Waals surface area contributed by atoms with Crippen molar-refractivity contribution in [2.75, 3.05) is 12.3 Å². The lowest BCUT2D eigenvalue weighted by Crippen LogP contribution is -2.29. The number of anilines is 1. The minimum Gasteiger partial charge on any atom is -0.383 e. The van der Waals surface area contributed by atoms with E-state index in [1.54, 1.807) is 6.92 Å². The Balaban J connectivity index is 2.13. The summed E-state index contributed by atoms with van der Waals surface area (Å²) in [5.41, 5.74) is 13.9. The van der Waals surface area contributed by atoms with Gasteiger partial charge in [0.05, 0.1) is 18.8 Å². The molecule has 18 nitrogen and oxygen atoms in total. The Kier molecular flexibility index (Phi) is 7.82. The summed E-state index contributed by atoms with van der Waals surface area (Å²) in [4.78, 5) is 53.9. The first-order valence-corrected chi connectivity index (χ1v) is 12.5. The van der Waals surface area contributed by atoms with Crippen molar-refractivity contribution in [1.82, 2.24) is 9.55 Å². The van der Waals surface area contributed by atoms with Gasteiger partial charge in [-0.15, -0.1) is 0 Å². The average molecular weight is 506 g/mol. The van der Waals surface area contributed by atoms with Crippen LogP contribution in [0.1, 0.15) is 18.2 Å². The summed E-state index contributed by atoms with van der Waals surface area (Å²) in [6.45, 7) is 0.727. The molecule has 0 spiro atoms. The van der Waals surface area contributed by atoms with Gasteiger partial charge in [-0.05, 0) is 12.5 Å². The largest absolute Gasteiger partial charge is 0.490 e. The molecular formula is C10H17N6O12P3. The fraction of sp³-hybridized carbons (Fsp3) is 0.600.